The lowest BCUT2D eigenvalue weighted by Gasteiger charge is -2.37. The average Bonchev–Trinajstić information content (AvgIpc) is 3.23. The van der Waals surface area contributed by atoms with Crippen LogP contribution in [0.1, 0.15) is 51.3 Å². The second-order valence-electron chi connectivity index (χ2n) is 10.1. The molecule has 2 aliphatic heterocycles. The number of carbonyl (C=O) groups is 4. The molecule has 1 atom stereocenters. The van der Waals surface area contributed by atoms with E-state index >= 15 is 0 Å². The molecule has 4 aromatic rings. The van der Waals surface area contributed by atoms with E-state index in [1.165, 1.54) is 26.0 Å². The Morgan fingerprint density at radius 2 is 1.60 bits per heavy atom. The van der Waals surface area contributed by atoms with Crippen LogP contribution in [0.5, 0.6) is 17.2 Å². The minimum absolute atomic E-state index is 0.0990. The Balaban J connectivity index is 1.53. The molecule has 6 rings (SSSR count). The average molecular weight is 568 g/mol. The second-order valence-corrected chi connectivity index (χ2v) is 10.1. The smallest absolute Gasteiger partial charge is 0.341 e. The van der Waals surface area contributed by atoms with Crippen molar-refractivity contribution in [3.8, 4) is 17.2 Å². The van der Waals surface area contributed by atoms with E-state index in [0.29, 0.717) is 33.9 Å². The molecule has 0 radical (unpaired) electrons. The predicted octanol–water partition coefficient (Wildman–Crippen LogP) is 5.08. The van der Waals surface area contributed by atoms with Gasteiger partial charge < -0.3 is 28.6 Å². The van der Waals surface area contributed by atoms with E-state index in [9.17, 15) is 19.2 Å². The van der Waals surface area contributed by atoms with Crippen molar-refractivity contribution in [3.05, 3.63) is 94.5 Å². The number of esters is 4. The van der Waals surface area contributed by atoms with Gasteiger partial charge in [-0.15, -0.1) is 0 Å². The first-order chi connectivity index (χ1) is 20.1. The van der Waals surface area contributed by atoms with E-state index in [2.05, 4.69) is 4.74 Å². The molecule has 42 heavy (non-hydrogen) atoms. The van der Waals surface area contributed by atoms with E-state index in [4.69, 9.17) is 18.9 Å². The summed E-state index contributed by atoms with van der Waals surface area (Å²) in [4.78, 5) is 50.6. The Labute approximate surface area is 240 Å². The van der Waals surface area contributed by atoms with Crippen LogP contribution in [0, 0.1) is 0 Å². The third-order valence-corrected chi connectivity index (χ3v) is 7.21. The first-order valence-corrected chi connectivity index (χ1v) is 13.0. The maximum absolute atomic E-state index is 13.5. The highest BCUT2D eigenvalue weighted by atomic mass is 16.7. The molecular weight excluding hydrogens is 542 g/mol. The number of rotatable bonds is 5. The van der Waals surface area contributed by atoms with Crippen molar-refractivity contribution in [2.75, 3.05) is 25.8 Å². The van der Waals surface area contributed by atoms with Crippen LogP contribution in [0.25, 0.3) is 10.8 Å². The summed E-state index contributed by atoms with van der Waals surface area (Å²) < 4.78 is 27.8. The summed E-state index contributed by atoms with van der Waals surface area (Å²) in [5.41, 5.74) is 1.54. The van der Waals surface area contributed by atoms with Crippen LogP contribution in [0.3, 0.4) is 0 Å². The second kappa shape index (κ2) is 9.91. The van der Waals surface area contributed by atoms with Gasteiger partial charge in [-0.05, 0) is 53.9 Å². The fourth-order valence-corrected chi connectivity index (χ4v) is 5.36. The van der Waals surface area contributed by atoms with Crippen LogP contribution in [0.2, 0.25) is 0 Å². The fourth-order valence-electron chi connectivity index (χ4n) is 5.36. The zero-order valence-electron chi connectivity index (χ0n) is 23.2. The van der Waals surface area contributed by atoms with E-state index in [1.807, 2.05) is 49.3 Å². The summed E-state index contributed by atoms with van der Waals surface area (Å²) in [6, 6.07) is 19.1. The molecule has 10 heteroatoms. The summed E-state index contributed by atoms with van der Waals surface area (Å²) in [5, 5.41) is 1.48. The summed E-state index contributed by atoms with van der Waals surface area (Å²) in [6.45, 7) is 1.99. The normalized spacial score (nSPS) is 16.0. The molecule has 0 aliphatic carbocycles. The minimum atomic E-state index is -1.37. The van der Waals surface area contributed by atoms with Crippen LogP contribution >= 0.6 is 0 Å². The fraction of sp³-hybridized carbons (Fsp3) is 0.188. The van der Waals surface area contributed by atoms with Crippen molar-refractivity contribution in [3.63, 3.8) is 0 Å². The molecule has 212 valence electrons. The van der Waals surface area contributed by atoms with Gasteiger partial charge in [0.1, 0.15) is 17.2 Å². The molecule has 2 aliphatic rings. The molecule has 0 bridgehead atoms. The van der Waals surface area contributed by atoms with Gasteiger partial charge >= 0.3 is 23.9 Å². The lowest BCUT2D eigenvalue weighted by Crippen LogP contribution is -2.33. The Bertz CT molecular complexity index is 1830. The molecule has 0 fully saturated rings. The van der Waals surface area contributed by atoms with Gasteiger partial charge in [-0.1, -0.05) is 12.1 Å². The van der Waals surface area contributed by atoms with E-state index in [-0.39, 0.29) is 11.1 Å². The molecule has 10 nitrogen and oxygen atoms in total. The number of nitrogens with zero attached hydrogens (tertiary/aromatic N) is 1. The van der Waals surface area contributed by atoms with Crippen molar-refractivity contribution in [2.45, 2.75) is 19.4 Å². The van der Waals surface area contributed by atoms with E-state index < -0.39 is 36.3 Å². The number of benzene rings is 4. The van der Waals surface area contributed by atoms with Gasteiger partial charge in [0.05, 0.1) is 11.1 Å². The minimum Gasteiger partial charge on any atom is -0.456 e. The van der Waals surface area contributed by atoms with Crippen LogP contribution in [0.4, 0.5) is 5.69 Å². The largest absolute Gasteiger partial charge is 0.456 e. The lowest BCUT2D eigenvalue weighted by molar-refractivity contribution is -0.149. The quantitative estimate of drug-likeness (QED) is 0.184. The van der Waals surface area contributed by atoms with Crippen molar-refractivity contribution < 1.29 is 42.9 Å². The monoisotopic (exact) mass is 567 g/mol. The van der Waals surface area contributed by atoms with Crippen molar-refractivity contribution in [2.24, 2.45) is 0 Å². The third-order valence-electron chi connectivity index (χ3n) is 7.21. The molecule has 2 heterocycles. The molecule has 1 unspecified atom stereocenters. The number of carbonyl (C=O) groups excluding carboxylic acids is 4. The predicted molar refractivity (Wildman–Crippen MR) is 150 cm³/mol. The van der Waals surface area contributed by atoms with Crippen LogP contribution in [0.15, 0.2) is 66.7 Å². The molecular formula is C32H25NO9. The third kappa shape index (κ3) is 4.28. The SMILES string of the molecule is CC(=O)OCOC(=O)c1ccc2c(c1)C(=O)OC21c2ccc(N(C)C)cc2Oc2c1ccc1cc(OC(C)=O)ccc21. The van der Waals surface area contributed by atoms with E-state index in [0.717, 1.165) is 16.5 Å². The van der Waals surface area contributed by atoms with Crippen molar-refractivity contribution in [1.82, 2.24) is 0 Å². The highest BCUT2D eigenvalue weighted by Crippen LogP contribution is 2.58. The zero-order valence-corrected chi connectivity index (χ0v) is 23.2. The Morgan fingerprint density at radius 1 is 0.833 bits per heavy atom. The Kier molecular flexibility index (Phi) is 6.33. The Morgan fingerprint density at radius 3 is 2.33 bits per heavy atom. The standard InChI is InChI=1S/C32H25NO9/c1-17(34)38-16-39-30(36)20-6-10-25-24(14-20)31(37)42-32(25)26-12-7-21(33(3)4)15-28(26)41-29-23-9-8-22(40-18(2)35)13-19(23)5-11-27(29)32/h5-15H,16H2,1-4H3. The van der Waals surface area contributed by atoms with Gasteiger partial charge in [0, 0.05) is 61.8 Å². The zero-order chi connectivity index (χ0) is 29.8. The summed E-state index contributed by atoms with van der Waals surface area (Å²) >= 11 is 0. The summed E-state index contributed by atoms with van der Waals surface area (Å²) in [5.74, 6) is -1.04. The highest BCUT2D eigenvalue weighted by molar-refractivity contribution is 6.01. The first kappa shape index (κ1) is 26.8. The van der Waals surface area contributed by atoms with Gasteiger partial charge in [0.25, 0.3) is 0 Å². The molecule has 0 amide bonds. The number of fused-ring (bicyclic) bond motifs is 8. The number of ether oxygens (including phenoxy) is 5. The van der Waals surface area contributed by atoms with Crippen LogP contribution < -0.4 is 14.4 Å². The van der Waals surface area contributed by atoms with E-state index in [1.54, 1.807) is 24.3 Å². The topological polar surface area (TPSA) is 118 Å². The number of hydrogen-bond acceptors (Lipinski definition) is 10. The highest BCUT2D eigenvalue weighted by Gasteiger charge is 2.54. The maximum atomic E-state index is 13.5. The molecule has 4 aromatic carbocycles. The maximum Gasteiger partial charge on any atom is 0.341 e. The first-order valence-electron chi connectivity index (χ1n) is 13.0. The Hall–Kier alpha value is -5.38. The molecule has 0 saturated carbocycles. The molecule has 1 spiro atoms. The van der Waals surface area contributed by atoms with Gasteiger partial charge in [-0.25, -0.2) is 9.59 Å². The summed E-state index contributed by atoms with van der Waals surface area (Å²) in [7, 11) is 3.82. The van der Waals surface area contributed by atoms with Gasteiger partial charge in [-0.2, -0.15) is 0 Å². The van der Waals surface area contributed by atoms with Gasteiger partial charge in [0.2, 0.25) is 6.79 Å². The summed E-state index contributed by atoms with van der Waals surface area (Å²) in [6.07, 6.45) is 0. The number of anilines is 1. The van der Waals surface area contributed by atoms with Crippen molar-refractivity contribution >= 4 is 40.3 Å². The molecule has 0 saturated heterocycles. The lowest BCUT2D eigenvalue weighted by atomic mass is 9.76. The van der Waals surface area contributed by atoms with Gasteiger partial charge in [-0.3, -0.25) is 9.59 Å². The van der Waals surface area contributed by atoms with Crippen LogP contribution in [-0.4, -0.2) is 44.8 Å². The van der Waals surface area contributed by atoms with Crippen LogP contribution in [-0.2, 0) is 29.4 Å². The van der Waals surface area contributed by atoms with Gasteiger partial charge in [0.15, 0.2) is 5.60 Å². The molecule has 0 N–H and O–H groups in total. The van der Waals surface area contributed by atoms with Crippen molar-refractivity contribution in [1.29, 1.82) is 0 Å². The molecule has 0 aromatic heterocycles. The number of hydrogen-bond donors (Lipinski definition) is 0.